The van der Waals surface area contributed by atoms with Crippen molar-refractivity contribution >= 4 is 0 Å². The van der Waals surface area contributed by atoms with E-state index in [9.17, 15) is 0 Å². The molecule has 4 nitrogen and oxygen atoms in total. The molecule has 1 saturated heterocycles. The van der Waals surface area contributed by atoms with Crippen LogP contribution < -0.4 is 0 Å². The van der Waals surface area contributed by atoms with E-state index in [1.165, 1.54) is 6.92 Å². The summed E-state index contributed by atoms with van der Waals surface area (Å²) in [6.07, 6.45) is 0. The van der Waals surface area contributed by atoms with Crippen LogP contribution >= 0.6 is 0 Å². The van der Waals surface area contributed by atoms with Gasteiger partial charge in [-0.15, -0.1) is 0 Å². The Morgan fingerprint density at radius 3 is 2.17 bits per heavy atom. The van der Waals surface area contributed by atoms with E-state index in [-0.39, 0.29) is 0 Å². The summed E-state index contributed by atoms with van der Waals surface area (Å²) in [5, 5.41) is 7.72. The Morgan fingerprint density at radius 2 is 2.17 bits per heavy atom. The van der Waals surface area contributed by atoms with Crippen LogP contribution in [0, 0.1) is 0 Å². The second kappa shape index (κ2) is 0.913. The summed E-state index contributed by atoms with van der Waals surface area (Å²) in [5.41, 5.74) is 0. The zero-order chi connectivity index (χ0) is 4.62. The first-order valence-corrected chi connectivity index (χ1v) is 1.46. The minimum Gasteiger partial charge on any atom is -0.246 e. The van der Waals surface area contributed by atoms with E-state index in [2.05, 4.69) is 14.7 Å². The highest BCUT2D eigenvalue weighted by Crippen LogP contribution is 2.27. The molecule has 0 bridgehead atoms. The highest BCUT2D eigenvalue weighted by molar-refractivity contribution is 4.43. The molecule has 0 atom stereocenters. The van der Waals surface area contributed by atoms with Crippen molar-refractivity contribution in [1.29, 1.82) is 0 Å². The minimum absolute atomic E-state index is 1.15. The van der Waals surface area contributed by atoms with Gasteiger partial charge in [0.2, 0.25) is 0 Å². The van der Waals surface area contributed by atoms with E-state index in [1.54, 1.807) is 0 Å². The molecule has 0 unspecified atom stereocenters. The zero-order valence-electron chi connectivity index (χ0n) is 3.17. The molecule has 1 heterocycles. The molecule has 36 valence electrons. The Kier molecular flexibility index (Phi) is 0.611. The van der Waals surface area contributed by atoms with Gasteiger partial charge in [-0.2, -0.15) is 14.7 Å². The van der Waals surface area contributed by atoms with E-state index in [1.807, 2.05) is 0 Å². The van der Waals surface area contributed by atoms with Crippen molar-refractivity contribution in [2.45, 2.75) is 12.9 Å². The van der Waals surface area contributed by atoms with Crippen LogP contribution in [0.5, 0.6) is 0 Å². The van der Waals surface area contributed by atoms with Gasteiger partial charge in [0.05, 0.1) is 0 Å². The van der Waals surface area contributed by atoms with Crippen LogP contribution in [0.25, 0.3) is 0 Å². The molecule has 1 fully saturated rings. The summed E-state index contributed by atoms with van der Waals surface area (Å²) in [7, 11) is 0. The quantitative estimate of drug-likeness (QED) is 0.283. The Labute approximate surface area is 34.1 Å². The third-order valence-corrected chi connectivity index (χ3v) is 0.484. The van der Waals surface area contributed by atoms with E-state index in [4.69, 9.17) is 5.26 Å². The second-order valence-electron chi connectivity index (χ2n) is 1.12. The average Bonchev–Trinajstić information content (AvgIpc) is 2.22. The Morgan fingerprint density at radius 1 is 1.67 bits per heavy atom. The van der Waals surface area contributed by atoms with Crippen molar-refractivity contribution in [2.24, 2.45) is 0 Å². The van der Waals surface area contributed by atoms with Crippen molar-refractivity contribution in [1.82, 2.24) is 0 Å². The van der Waals surface area contributed by atoms with Crippen molar-refractivity contribution in [3.05, 3.63) is 0 Å². The molecule has 0 amide bonds. The maximum absolute atomic E-state index is 7.72. The monoisotopic (exact) mass is 92.0 g/mol. The fraction of sp³-hybridized carbons (Fsp3) is 1.00. The Bertz CT molecular complexity index is 56.6. The van der Waals surface area contributed by atoms with Gasteiger partial charge in [-0.05, 0) is 0 Å². The maximum atomic E-state index is 7.72. The Balaban J connectivity index is 2.28. The fourth-order valence-corrected chi connectivity index (χ4v) is 0.0891. The van der Waals surface area contributed by atoms with E-state index in [0.29, 0.717) is 0 Å². The van der Waals surface area contributed by atoms with Gasteiger partial charge in [0.25, 0.3) is 0 Å². The van der Waals surface area contributed by atoms with Crippen molar-refractivity contribution in [3.63, 3.8) is 0 Å². The predicted molar refractivity (Wildman–Crippen MR) is 14.3 cm³/mol. The lowest BCUT2D eigenvalue weighted by molar-refractivity contribution is -0.322. The molecule has 1 aliphatic heterocycles. The van der Waals surface area contributed by atoms with Gasteiger partial charge in [-0.3, -0.25) is 0 Å². The molecule has 0 aromatic carbocycles. The van der Waals surface area contributed by atoms with Gasteiger partial charge in [-0.25, -0.2) is 5.26 Å². The SMILES string of the molecule is CC1(OO)OO1. The smallest absolute Gasteiger partial charge is 0.246 e. The summed E-state index contributed by atoms with van der Waals surface area (Å²) in [5.74, 6) is -1.15. The van der Waals surface area contributed by atoms with Crippen LogP contribution in [-0.2, 0) is 14.7 Å². The van der Waals surface area contributed by atoms with Gasteiger partial charge in [0.15, 0.2) is 0 Å². The molecule has 0 saturated carbocycles. The van der Waals surface area contributed by atoms with Gasteiger partial charge < -0.3 is 0 Å². The molecule has 0 aromatic heterocycles. The molecular weight excluding hydrogens is 88.0 g/mol. The van der Waals surface area contributed by atoms with Gasteiger partial charge in [0, 0.05) is 6.92 Å². The summed E-state index contributed by atoms with van der Waals surface area (Å²) >= 11 is 0. The minimum atomic E-state index is -1.15. The van der Waals surface area contributed by atoms with Crippen molar-refractivity contribution < 1.29 is 19.9 Å². The van der Waals surface area contributed by atoms with Crippen LogP contribution in [0.3, 0.4) is 0 Å². The molecule has 1 aliphatic rings. The number of hydrogen-bond donors (Lipinski definition) is 1. The average molecular weight is 92.0 g/mol. The van der Waals surface area contributed by atoms with Crippen LogP contribution in [0.1, 0.15) is 6.92 Å². The lowest BCUT2D eigenvalue weighted by Gasteiger charge is -1.85. The molecule has 1 rings (SSSR count). The summed E-state index contributed by atoms with van der Waals surface area (Å²) in [4.78, 5) is 11.8. The zero-order valence-corrected chi connectivity index (χ0v) is 3.17. The topological polar surface area (TPSA) is 54.5 Å². The van der Waals surface area contributed by atoms with Crippen molar-refractivity contribution in [2.75, 3.05) is 0 Å². The van der Waals surface area contributed by atoms with Gasteiger partial charge >= 0.3 is 5.97 Å². The molecule has 6 heavy (non-hydrogen) atoms. The van der Waals surface area contributed by atoms with Crippen LogP contribution in [0.2, 0.25) is 0 Å². The Hall–Kier alpha value is -0.160. The van der Waals surface area contributed by atoms with Crippen LogP contribution in [0.15, 0.2) is 0 Å². The van der Waals surface area contributed by atoms with E-state index >= 15 is 0 Å². The lowest BCUT2D eigenvalue weighted by Crippen LogP contribution is -2.04. The predicted octanol–water partition coefficient (Wildman–Crippen LogP) is 0.111. The van der Waals surface area contributed by atoms with Crippen LogP contribution in [0.4, 0.5) is 0 Å². The summed E-state index contributed by atoms with van der Waals surface area (Å²) in [6, 6.07) is 0. The maximum Gasteiger partial charge on any atom is 0.363 e. The molecule has 4 heteroatoms. The third-order valence-electron chi connectivity index (χ3n) is 0.484. The number of hydrogen-bond acceptors (Lipinski definition) is 4. The van der Waals surface area contributed by atoms with E-state index < -0.39 is 5.97 Å². The first-order valence-electron chi connectivity index (χ1n) is 1.46. The first-order chi connectivity index (χ1) is 2.77. The second-order valence-corrected chi connectivity index (χ2v) is 1.12. The highest BCUT2D eigenvalue weighted by Gasteiger charge is 2.46. The molecule has 0 radical (unpaired) electrons. The molecular formula is C2H4O4. The molecule has 1 N–H and O–H groups in total. The van der Waals surface area contributed by atoms with E-state index in [0.717, 1.165) is 0 Å². The molecule has 0 spiro atoms. The first kappa shape index (κ1) is 4.01. The number of rotatable bonds is 1. The van der Waals surface area contributed by atoms with Crippen molar-refractivity contribution in [3.8, 4) is 0 Å². The highest BCUT2D eigenvalue weighted by atomic mass is 17.5. The van der Waals surface area contributed by atoms with Crippen LogP contribution in [-0.4, -0.2) is 11.2 Å². The summed E-state index contributed by atoms with van der Waals surface area (Å²) < 4.78 is 0. The molecule has 0 aliphatic carbocycles. The standard InChI is InChI=1S/C2H4O4/c1-2(4-3)5-6-2/h3H,1H3. The fourth-order valence-electron chi connectivity index (χ4n) is 0.0891. The lowest BCUT2D eigenvalue weighted by atomic mass is 10.7. The van der Waals surface area contributed by atoms with Gasteiger partial charge in [-0.1, -0.05) is 0 Å². The third kappa shape index (κ3) is 0.504. The normalized spacial score (nSPS) is 27.0. The van der Waals surface area contributed by atoms with Gasteiger partial charge in [0.1, 0.15) is 0 Å². The largest absolute Gasteiger partial charge is 0.363 e. The molecule has 0 aromatic rings. The summed E-state index contributed by atoms with van der Waals surface area (Å²) in [6.45, 7) is 1.44.